The summed E-state index contributed by atoms with van der Waals surface area (Å²) in [6.45, 7) is 6.30. The summed E-state index contributed by atoms with van der Waals surface area (Å²) < 4.78 is 11.5. The second-order valence-corrected chi connectivity index (χ2v) is 7.42. The number of carbonyl (C=O) groups excluding carboxylic acids is 1. The molecule has 1 amide bonds. The summed E-state index contributed by atoms with van der Waals surface area (Å²) in [5.74, 6) is 0.363. The Hall–Kier alpha value is -3.25. The molecule has 0 spiro atoms. The minimum absolute atomic E-state index is 0.00913. The summed E-state index contributed by atoms with van der Waals surface area (Å²) >= 11 is 6.40. The Morgan fingerprint density at radius 2 is 1.90 bits per heavy atom. The Morgan fingerprint density at radius 3 is 2.58 bits per heavy atom. The second-order valence-electron chi connectivity index (χ2n) is 7.02. The van der Waals surface area contributed by atoms with Gasteiger partial charge in [-0.1, -0.05) is 42.8 Å². The third kappa shape index (κ3) is 5.47. The summed E-state index contributed by atoms with van der Waals surface area (Å²) in [4.78, 5) is 12.5. The number of fused-ring (bicyclic) bond motifs is 1. The van der Waals surface area contributed by atoms with Gasteiger partial charge in [0.1, 0.15) is 5.75 Å². The summed E-state index contributed by atoms with van der Waals surface area (Å²) in [6.07, 6.45) is 2.28. The molecule has 0 saturated carbocycles. The van der Waals surface area contributed by atoms with Gasteiger partial charge in [0.2, 0.25) is 0 Å². The van der Waals surface area contributed by atoms with Crippen LogP contribution in [0.5, 0.6) is 17.2 Å². The Balaban J connectivity index is 1.78. The fourth-order valence-electron chi connectivity index (χ4n) is 2.96. The number of ether oxygens (including phenoxy) is 2. The molecule has 0 aromatic heterocycles. The number of phenols is 1. The van der Waals surface area contributed by atoms with Gasteiger partial charge in [0.25, 0.3) is 5.91 Å². The van der Waals surface area contributed by atoms with E-state index in [1.54, 1.807) is 24.3 Å². The third-order valence-corrected chi connectivity index (χ3v) is 4.99. The predicted molar refractivity (Wildman–Crippen MR) is 124 cm³/mol. The maximum atomic E-state index is 12.5. The summed E-state index contributed by atoms with van der Waals surface area (Å²) in [7, 11) is 0. The van der Waals surface area contributed by atoms with Crippen molar-refractivity contribution >= 4 is 34.5 Å². The van der Waals surface area contributed by atoms with Gasteiger partial charge in [0.15, 0.2) is 11.5 Å². The highest BCUT2D eigenvalue weighted by molar-refractivity contribution is 6.32. The lowest BCUT2D eigenvalue weighted by molar-refractivity contribution is 0.0952. The molecule has 7 heteroatoms. The van der Waals surface area contributed by atoms with E-state index in [1.165, 1.54) is 6.21 Å². The number of aromatic hydroxyl groups is 1. The van der Waals surface area contributed by atoms with Crippen molar-refractivity contribution < 1.29 is 19.4 Å². The topological polar surface area (TPSA) is 80.2 Å². The normalized spacial score (nSPS) is 12.1. The molecule has 162 valence electrons. The van der Waals surface area contributed by atoms with E-state index >= 15 is 0 Å². The Bertz CT molecular complexity index is 1110. The van der Waals surface area contributed by atoms with Gasteiger partial charge < -0.3 is 14.6 Å². The zero-order chi connectivity index (χ0) is 22.4. The molecular formula is C24H25ClN2O4. The molecule has 0 aliphatic carbocycles. The van der Waals surface area contributed by atoms with Crippen molar-refractivity contribution in [2.24, 2.45) is 5.10 Å². The number of amides is 1. The van der Waals surface area contributed by atoms with E-state index in [-0.39, 0.29) is 17.4 Å². The highest BCUT2D eigenvalue weighted by Gasteiger charge is 2.15. The first kappa shape index (κ1) is 22.4. The van der Waals surface area contributed by atoms with E-state index in [1.807, 2.05) is 45.0 Å². The van der Waals surface area contributed by atoms with Crippen molar-refractivity contribution in [2.75, 3.05) is 6.61 Å². The molecule has 0 heterocycles. The first-order chi connectivity index (χ1) is 14.9. The largest absolute Gasteiger partial charge is 0.507 e. The summed E-state index contributed by atoms with van der Waals surface area (Å²) in [5.41, 5.74) is 3.21. The highest BCUT2D eigenvalue weighted by Crippen LogP contribution is 2.37. The van der Waals surface area contributed by atoms with Gasteiger partial charge in [0.05, 0.1) is 29.5 Å². The van der Waals surface area contributed by atoms with Crippen LogP contribution in [0.4, 0.5) is 0 Å². The molecule has 3 aromatic rings. The molecule has 0 saturated heterocycles. The SMILES string of the molecule is CCOc1cc(C=NNC(=O)c2cc3ccccc3cc2O)cc(Cl)c1OC(C)CC. The minimum Gasteiger partial charge on any atom is -0.507 e. The summed E-state index contributed by atoms with van der Waals surface area (Å²) in [6, 6.07) is 14.1. The van der Waals surface area contributed by atoms with Crippen molar-refractivity contribution in [1.82, 2.24) is 5.43 Å². The minimum atomic E-state index is -0.521. The van der Waals surface area contributed by atoms with Crippen LogP contribution in [0.1, 0.15) is 43.1 Å². The molecule has 0 fully saturated rings. The quantitative estimate of drug-likeness (QED) is 0.356. The van der Waals surface area contributed by atoms with Crippen molar-refractivity contribution in [1.29, 1.82) is 0 Å². The van der Waals surface area contributed by atoms with Gasteiger partial charge in [-0.15, -0.1) is 0 Å². The smallest absolute Gasteiger partial charge is 0.275 e. The maximum absolute atomic E-state index is 12.5. The fraction of sp³-hybridized carbons (Fsp3) is 0.250. The van der Waals surface area contributed by atoms with Crippen LogP contribution in [-0.2, 0) is 0 Å². The van der Waals surface area contributed by atoms with Crippen LogP contribution < -0.4 is 14.9 Å². The van der Waals surface area contributed by atoms with Crippen LogP contribution in [0.25, 0.3) is 10.8 Å². The molecule has 0 bridgehead atoms. The van der Waals surface area contributed by atoms with Crippen molar-refractivity contribution in [3.8, 4) is 17.2 Å². The van der Waals surface area contributed by atoms with Crippen molar-refractivity contribution in [2.45, 2.75) is 33.3 Å². The molecule has 1 atom stereocenters. The van der Waals surface area contributed by atoms with Crippen LogP contribution >= 0.6 is 11.6 Å². The van der Waals surface area contributed by atoms with E-state index < -0.39 is 5.91 Å². The Kier molecular flexibility index (Phi) is 7.36. The van der Waals surface area contributed by atoms with E-state index in [0.29, 0.717) is 28.7 Å². The number of phenolic OH excluding ortho intramolecular Hbond substituents is 1. The monoisotopic (exact) mass is 440 g/mol. The number of benzene rings is 3. The summed E-state index contributed by atoms with van der Waals surface area (Å²) in [5, 5.41) is 16.3. The Labute approximate surface area is 186 Å². The molecule has 6 nitrogen and oxygen atoms in total. The number of hydrogen-bond acceptors (Lipinski definition) is 5. The Morgan fingerprint density at radius 1 is 1.19 bits per heavy atom. The number of hydrazone groups is 1. The molecule has 0 aliphatic heterocycles. The molecule has 0 aliphatic rings. The van der Waals surface area contributed by atoms with Gasteiger partial charge in [-0.3, -0.25) is 4.79 Å². The van der Waals surface area contributed by atoms with Crippen LogP contribution in [-0.4, -0.2) is 29.9 Å². The zero-order valence-electron chi connectivity index (χ0n) is 17.7. The molecule has 2 N–H and O–H groups in total. The number of rotatable bonds is 8. The van der Waals surface area contributed by atoms with E-state index in [2.05, 4.69) is 10.5 Å². The number of halogens is 1. The highest BCUT2D eigenvalue weighted by atomic mass is 35.5. The predicted octanol–water partition coefficient (Wildman–Crippen LogP) is 5.54. The van der Waals surface area contributed by atoms with Crippen LogP contribution in [0, 0.1) is 0 Å². The van der Waals surface area contributed by atoms with Gasteiger partial charge in [-0.25, -0.2) is 5.43 Å². The average molecular weight is 441 g/mol. The van der Waals surface area contributed by atoms with E-state index in [9.17, 15) is 9.90 Å². The molecule has 0 radical (unpaired) electrons. The fourth-order valence-corrected chi connectivity index (χ4v) is 3.22. The average Bonchev–Trinajstić information content (AvgIpc) is 2.75. The lowest BCUT2D eigenvalue weighted by Crippen LogP contribution is -2.17. The standard InChI is InChI=1S/C24H25ClN2O4/c1-4-15(3)31-23-20(25)10-16(11-22(23)30-5-2)14-26-27-24(29)19-12-17-8-6-7-9-18(17)13-21(19)28/h6-15,28H,4-5H2,1-3H3,(H,27,29). The second kappa shape index (κ2) is 10.2. The lowest BCUT2D eigenvalue weighted by atomic mass is 10.1. The van der Waals surface area contributed by atoms with Gasteiger partial charge >= 0.3 is 0 Å². The van der Waals surface area contributed by atoms with Crippen molar-refractivity contribution in [3.63, 3.8) is 0 Å². The third-order valence-electron chi connectivity index (χ3n) is 4.71. The number of hydrogen-bond donors (Lipinski definition) is 2. The molecule has 1 unspecified atom stereocenters. The maximum Gasteiger partial charge on any atom is 0.275 e. The van der Waals surface area contributed by atoms with Gasteiger partial charge in [-0.05, 0) is 60.9 Å². The molecular weight excluding hydrogens is 416 g/mol. The number of carbonyl (C=O) groups is 1. The van der Waals surface area contributed by atoms with E-state index in [0.717, 1.165) is 17.2 Å². The van der Waals surface area contributed by atoms with Gasteiger partial charge in [0, 0.05) is 0 Å². The van der Waals surface area contributed by atoms with E-state index in [4.69, 9.17) is 21.1 Å². The van der Waals surface area contributed by atoms with Crippen LogP contribution in [0.15, 0.2) is 53.6 Å². The van der Waals surface area contributed by atoms with Crippen LogP contribution in [0.2, 0.25) is 5.02 Å². The number of nitrogens with one attached hydrogen (secondary N) is 1. The van der Waals surface area contributed by atoms with Crippen LogP contribution in [0.3, 0.4) is 0 Å². The molecule has 3 rings (SSSR count). The van der Waals surface area contributed by atoms with Crippen molar-refractivity contribution in [3.05, 3.63) is 64.7 Å². The molecule has 3 aromatic carbocycles. The lowest BCUT2D eigenvalue weighted by Gasteiger charge is -2.18. The molecule has 31 heavy (non-hydrogen) atoms. The zero-order valence-corrected chi connectivity index (χ0v) is 18.4. The first-order valence-electron chi connectivity index (χ1n) is 10.1. The van der Waals surface area contributed by atoms with Gasteiger partial charge in [-0.2, -0.15) is 5.10 Å². The first-order valence-corrected chi connectivity index (χ1v) is 10.5. The number of nitrogens with zero attached hydrogens (tertiary/aromatic N) is 1.